The van der Waals surface area contributed by atoms with Gasteiger partial charge in [-0.05, 0) is 48.5 Å². The summed E-state index contributed by atoms with van der Waals surface area (Å²) in [6, 6.07) is 0. The molecule has 2 bridgehead atoms. The van der Waals surface area contributed by atoms with Crippen molar-refractivity contribution >= 4 is 35.8 Å². The highest BCUT2D eigenvalue weighted by Crippen LogP contribution is 2.59. The van der Waals surface area contributed by atoms with E-state index in [4.69, 9.17) is 33.2 Å². The van der Waals surface area contributed by atoms with Crippen molar-refractivity contribution in [3.05, 3.63) is 46.1 Å². The number of carbonyl (C=O) groups is 6. The fourth-order valence-electron chi connectivity index (χ4n) is 6.47. The molecule has 0 fully saturated rings. The van der Waals surface area contributed by atoms with Gasteiger partial charge in [0.25, 0.3) is 0 Å². The van der Waals surface area contributed by atoms with Crippen LogP contribution in [-0.2, 0) is 61.9 Å². The maximum atomic E-state index is 14.1. The van der Waals surface area contributed by atoms with Crippen molar-refractivity contribution in [3.63, 3.8) is 0 Å². The molecule has 0 N–H and O–H groups in total. The monoisotopic (exact) mass is 646 g/mol. The molecule has 0 unspecified atom stereocenters. The molecule has 0 radical (unpaired) electrons. The first-order valence-electron chi connectivity index (χ1n) is 15.6. The van der Waals surface area contributed by atoms with Crippen LogP contribution in [0.25, 0.3) is 0 Å². The van der Waals surface area contributed by atoms with Gasteiger partial charge in [0.15, 0.2) is 0 Å². The van der Waals surface area contributed by atoms with Crippen molar-refractivity contribution in [2.24, 2.45) is 23.7 Å². The van der Waals surface area contributed by atoms with Crippen LogP contribution in [0.5, 0.6) is 0 Å². The first-order chi connectivity index (χ1) is 22.0. The largest absolute Gasteiger partial charge is 0.466 e. The number of ether oxygens (including phenoxy) is 7. The van der Waals surface area contributed by atoms with E-state index >= 15 is 0 Å². The van der Waals surface area contributed by atoms with E-state index in [1.165, 1.54) is 19.9 Å². The van der Waals surface area contributed by atoms with Gasteiger partial charge in [-0.1, -0.05) is 18.2 Å². The Morgan fingerprint density at radius 3 is 1.63 bits per heavy atom. The summed E-state index contributed by atoms with van der Waals surface area (Å²) < 4.78 is 38.8. The fourth-order valence-corrected chi connectivity index (χ4v) is 6.47. The molecule has 0 aliphatic heterocycles. The normalized spacial score (nSPS) is 24.7. The summed E-state index contributed by atoms with van der Waals surface area (Å²) in [7, 11) is 0. The third-order valence-corrected chi connectivity index (χ3v) is 7.80. The number of allylic oxidation sites excluding steroid dienone is 1. The molecule has 0 saturated heterocycles. The third kappa shape index (κ3) is 6.37. The molecule has 13 heteroatoms. The average molecular weight is 647 g/mol. The minimum Gasteiger partial charge on any atom is -0.466 e. The summed E-state index contributed by atoms with van der Waals surface area (Å²) >= 11 is 0. The lowest BCUT2D eigenvalue weighted by atomic mass is 9.56. The molecule has 0 saturated carbocycles. The Morgan fingerprint density at radius 2 is 1.09 bits per heavy atom. The maximum absolute atomic E-state index is 14.1. The van der Waals surface area contributed by atoms with Crippen molar-refractivity contribution in [1.29, 1.82) is 0 Å². The molecule has 0 heterocycles. The van der Waals surface area contributed by atoms with Crippen LogP contribution in [0.4, 0.5) is 0 Å². The molecule has 0 aromatic rings. The van der Waals surface area contributed by atoms with Crippen LogP contribution in [0.15, 0.2) is 46.1 Å². The lowest BCUT2D eigenvalue weighted by Gasteiger charge is -2.52. The molecule has 13 nitrogen and oxygen atoms in total. The maximum Gasteiger partial charge on any atom is 0.339 e. The molecule has 0 aromatic carbocycles. The van der Waals surface area contributed by atoms with E-state index in [1.54, 1.807) is 46.8 Å². The second kappa shape index (κ2) is 15.8. The van der Waals surface area contributed by atoms with Crippen molar-refractivity contribution in [2.45, 2.75) is 54.1 Å². The second-order valence-corrected chi connectivity index (χ2v) is 10.2. The molecule has 46 heavy (non-hydrogen) atoms. The Bertz CT molecular complexity index is 1370. The van der Waals surface area contributed by atoms with Gasteiger partial charge in [-0.15, -0.1) is 0 Å². The smallest absolute Gasteiger partial charge is 0.339 e. The third-order valence-electron chi connectivity index (χ3n) is 7.80. The molecular formula is C33H42O13. The van der Waals surface area contributed by atoms with Crippen LogP contribution in [0, 0.1) is 23.7 Å². The van der Waals surface area contributed by atoms with Crippen LogP contribution in [0.2, 0.25) is 0 Å². The van der Waals surface area contributed by atoms with Crippen LogP contribution in [0.1, 0.15) is 48.5 Å². The first kappa shape index (κ1) is 36.2. The lowest BCUT2D eigenvalue weighted by Crippen LogP contribution is -2.59. The van der Waals surface area contributed by atoms with Crippen LogP contribution < -0.4 is 0 Å². The van der Waals surface area contributed by atoms with Crippen molar-refractivity contribution in [1.82, 2.24) is 0 Å². The van der Waals surface area contributed by atoms with E-state index in [1.807, 2.05) is 0 Å². The number of hydrogen-bond donors (Lipinski definition) is 0. The summed E-state index contributed by atoms with van der Waals surface area (Å²) in [6.45, 7) is 10.3. The molecule has 0 spiro atoms. The predicted octanol–water partition coefficient (Wildman–Crippen LogP) is 2.72. The van der Waals surface area contributed by atoms with Gasteiger partial charge >= 0.3 is 35.8 Å². The van der Waals surface area contributed by atoms with Crippen molar-refractivity contribution in [2.75, 3.05) is 46.2 Å². The summed E-state index contributed by atoms with van der Waals surface area (Å²) in [4.78, 5) is 83.1. The lowest BCUT2D eigenvalue weighted by molar-refractivity contribution is -0.158. The van der Waals surface area contributed by atoms with Gasteiger partial charge in [-0.2, -0.15) is 0 Å². The molecule has 5 atom stereocenters. The Labute approximate surface area is 267 Å². The number of rotatable bonds is 14. The SMILES string of the molecule is CCOC(=O)C1=C[C@H]2C=C[C@@H]([C@@H]1C(=O)OCC)[C@H]1C(C(=O)OCC)=C(C(=O)OCC)C(C(=O)OCC)=C(C(=O)OCC)[C@@]21OCC. The van der Waals surface area contributed by atoms with E-state index in [-0.39, 0.29) is 57.4 Å². The van der Waals surface area contributed by atoms with Crippen molar-refractivity contribution in [3.8, 4) is 0 Å². The Hall–Kier alpha value is -4.26. The number of esters is 6. The highest BCUT2D eigenvalue weighted by molar-refractivity contribution is 6.18. The van der Waals surface area contributed by atoms with E-state index in [0.29, 0.717) is 0 Å². The van der Waals surface area contributed by atoms with Crippen LogP contribution in [0.3, 0.4) is 0 Å². The van der Waals surface area contributed by atoms with Gasteiger partial charge in [0, 0.05) is 29.9 Å². The predicted molar refractivity (Wildman–Crippen MR) is 159 cm³/mol. The second-order valence-electron chi connectivity index (χ2n) is 10.2. The number of carbonyl (C=O) groups excluding carboxylic acids is 6. The molecule has 4 rings (SSSR count). The van der Waals surface area contributed by atoms with Gasteiger partial charge in [0.1, 0.15) is 5.60 Å². The van der Waals surface area contributed by atoms with Gasteiger partial charge < -0.3 is 33.2 Å². The Balaban J connectivity index is 2.68. The van der Waals surface area contributed by atoms with E-state index < -0.39 is 81.8 Å². The number of fused-ring (bicyclic) bond motifs is 1. The zero-order valence-electron chi connectivity index (χ0n) is 27.3. The first-order valence-corrected chi connectivity index (χ1v) is 15.6. The summed E-state index contributed by atoms with van der Waals surface area (Å²) in [5.41, 5.74) is -4.05. The molecule has 4 aliphatic carbocycles. The quantitative estimate of drug-likeness (QED) is 0.154. The fraction of sp³-hybridized carbons (Fsp3) is 0.576. The van der Waals surface area contributed by atoms with Gasteiger partial charge in [-0.3, -0.25) is 4.79 Å². The van der Waals surface area contributed by atoms with Gasteiger partial charge in [0.2, 0.25) is 0 Å². The Kier molecular flexibility index (Phi) is 12.5. The highest BCUT2D eigenvalue weighted by atomic mass is 16.6. The minimum absolute atomic E-state index is 0.0174. The minimum atomic E-state index is -1.99. The standard InChI is InChI=1S/C33H42O13/c1-8-40-27(34)20-17-18-15-16-19(21(20)28(35)41-9-2)25-23(30(37)43-11-4)22(29(36)42-10-3)24(31(38)44-12-5)26(32(39)45-13-6)33(18,25)46-14-7/h15-19,21,25H,8-14H2,1-7H3/t18-,19+,21+,25+,33-/m1/s1. The summed E-state index contributed by atoms with van der Waals surface area (Å²) in [5, 5.41) is 0. The van der Waals surface area contributed by atoms with E-state index in [2.05, 4.69) is 0 Å². The Morgan fingerprint density at radius 1 is 0.587 bits per heavy atom. The van der Waals surface area contributed by atoms with Gasteiger partial charge in [-0.25, -0.2) is 24.0 Å². The average Bonchev–Trinajstić information content (AvgIpc) is 3.27. The van der Waals surface area contributed by atoms with Crippen LogP contribution in [-0.4, -0.2) is 87.7 Å². The zero-order chi connectivity index (χ0) is 34.2. The van der Waals surface area contributed by atoms with E-state index in [0.717, 1.165) is 0 Å². The summed E-state index contributed by atoms with van der Waals surface area (Å²) in [5.74, 6) is -10.9. The zero-order valence-corrected chi connectivity index (χ0v) is 27.3. The molecule has 0 aromatic heterocycles. The van der Waals surface area contributed by atoms with Crippen molar-refractivity contribution < 1.29 is 61.9 Å². The molecule has 252 valence electrons. The molecule has 4 aliphatic rings. The number of hydrogen-bond acceptors (Lipinski definition) is 13. The molecule has 0 amide bonds. The van der Waals surface area contributed by atoms with E-state index in [9.17, 15) is 28.8 Å². The van der Waals surface area contributed by atoms with Crippen LogP contribution >= 0.6 is 0 Å². The van der Waals surface area contributed by atoms with Gasteiger partial charge in [0.05, 0.1) is 67.9 Å². The molecular weight excluding hydrogens is 604 g/mol. The highest BCUT2D eigenvalue weighted by Gasteiger charge is 2.66. The summed E-state index contributed by atoms with van der Waals surface area (Å²) in [6.07, 6.45) is 4.65. The topological polar surface area (TPSA) is 167 Å².